The fourth-order valence-electron chi connectivity index (χ4n) is 0.136. The van der Waals surface area contributed by atoms with E-state index in [9.17, 15) is 13.6 Å². The Hall–Kier alpha value is -0.510. The van der Waals surface area contributed by atoms with Crippen LogP contribution in [-0.4, -0.2) is 17.7 Å². The van der Waals surface area contributed by atoms with Crippen molar-refractivity contribution in [1.29, 1.82) is 0 Å². The topological polar surface area (TPSA) is 48.6 Å². The van der Waals surface area contributed by atoms with Gasteiger partial charge in [0.05, 0.1) is 0 Å². The van der Waals surface area contributed by atoms with E-state index >= 15 is 0 Å². The van der Waals surface area contributed by atoms with Crippen LogP contribution in [0.25, 0.3) is 0 Å². The highest BCUT2D eigenvalue weighted by molar-refractivity contribution is 5.59. The molecule has 2 nitrogen and oxygen atoms in total. The van der Waals surface area contributed by atoms with Gasteiger partial charge in [-0.2, -0.15) is 8.78 Å². The highest BCUT2D eigenvalue weighted by Crippen LogP contribution is 2.19. The molecule has 4 heteroatoms. The lowest BCUT2D eigenvalue weighted by Gasteiger charge is -2.10. The SMILES string of the molecule is CC(C)C(F)(F)C=O.O. The minimum Gasteiger partial charge on any atom is -0.412 e. The van der Waals surface area contributed by atoms with E-state index in [1.165, 1.54) is 13.8 Å². The maximum Gasteiger partial charge on any atom is 0.304 e. The molecular weight excluding hydrogens is 130 g/mol. The number of halogens is 2. The fourth-order valence-corrected chi connectivity index (χ4v) is 0.136. The number of hydrogen-bond acceptors (Lipinski definition) is 1. The zero-order chi connectivity index (χ0) is 6.78. The molecule has 0 fully saturated rings. The molecule has 0 aromatic carbocycles. The summed E-state index contributed by atoms with van der Waals surface area (Å²) in [5.41, 5.74) is 0. The summed E-state index contributed by atoms with van der Waals surface area (Å²) in [4.78, 5) is 9.52. The van der Waals surface area contributed by atoms with Crippen LogP contribution in [0.3, 0.4) is 0 Å². The van der Waals surface area contributed by atoms with Gasteiger partial charge in [-0.25, -0.2) is 0 Å². The first-order valence-electron chi connectivity index (χ1n) is 2.35. The zero-order valence-electron chi connectivity index (χ0n) is 5.32. The van der Waals surface area contributed by atoms with Crippen molar-refractivity contribution < 1.29 is 19.1 Å². The Morgan fingerprint density at radius 1 is 1.44 bits per heavy atom. The number of alkyl halides is 2. The Morgan fingerprint density at radius 2 is 1.78 bits per heavy atom. The van der Waals surface area contributed by atoms with Gasteiger partial charge >= 0.3 is 5.92 Å². The maximum atomic E-state index is 11.9. The molecule has 0 atom stereocenters. The quantitative estimate of drug-likeness (QED) is 0.519. The van der Waals surface area contributed by atoms with Gasteiger partial charge in [0.1, 0.15) is 0 Å². The van der Waals surface area contributed by atoms with Crippen molar-refractivity contribution >= 4 is 6.29 Å². The molecular formula is C5H10F2O2. The molecule has 0 saturated carbocycles. The monoisotopic (exact) mass is 140 g/mol. The Morgan fingerprint density at radius 3 is 1.78 bits per heavy atom. The van der Waals surface area contributed by atoms with E-state index in [1.54, 1.807) is 0 Å². The van der Waals surface area contributed by atoms with Crippen molar-refractivity contribution in [3.05, 3.63) is 0 Å². The van der Waals surface area contributed by atoms with Crippen molar-refractivity contribution in [2.24, 2.45) is 5.92 Å². The smallest absolute Gasteiger partial charge is 0.304 e. The molecule has 0 rings (SSSR count). The van der Waals surface area contributed by atoms with Crippen LogP contribution in [-0.2, 0) is 4.79 Å². The molecule has 0 aliphatic carbocycles. The molecule has 0 aliphatic rings. The summed E-state index contributed by atoms with van der Waals surface area (Å²) in [5, 5.41) is 0. The lowest BCUT2D eigenvalue weighted by Crippen LogP contribution is -2.24. The second kappa shape index (κ2) is 3.50. The number of rotatable bonds is 2. The van der Waals surface area contributed by atoms with Gasteiger partial charge in [0, 0.05) is 5.92 Å². The van der Waals surface area contributed by atoms with Gasteiger partial charge in [-0.15, -0.1) is 0 Å². The van der Waals surface area contributed by atoms with E-state index in [0.29, 0.717) is 0 Å². The number of aldehydes is 1. The number of hydrogen-bond donors (Lipinski definition) is 0. The summed E-state index contributed by atoms with van der Waals surface area (Å²) >= 11 is 0. The molecule has 0 amide bonds. The van der Waals surface area contributed by atoms with Gasteiger partial charge in [0.25, 0.3) is 0 Å². The summed E-state index contributed by atoms with van der Waals surface area (Å²) in [6, 6.07) is 0. The molecule has 0 saturated heterocycles. The molecule has 0 spiro atoms. The molecule has 0 unspecified atom stereocenters. The minimum absolute atomic E-state index is 0. The Kier molecular flexibility index (Phi) is 4.40. The molecule has 0 bridgehead atoms. The van der Waals surface area contributed by atoms with Crippen molar-refractivity contribution in [1.82, 2.24) is 0 Å². The summed E-state index contributed by atoms with van der Waals surface area (Å²) in [6.45, 7) is 2.60. The normalized spacial score (nSPS) is 10.8. The summed E-state index contributed by atoms with van der Waals surface area (Å²) in [7, 11) is 0. The molecule has 0 aromatic rings. The first-order chi connectivity index (χ1) is 3.50. The molecule has 0 radical (unpaired) electrons. The van der Waals surface area contributed by atoms with Gasteiger partial charge < -0.3 is 5.48 Å². The van der Waals surface area contributed by atoms with Crippen LogP contribution in [0.5, 0.6) is 0 Å². The van der Waals surface area contributed by atoms with E-state index < -0.39 is 11.8 Å². The minimum atomic E-state index is -3.14. The van der Waals surface area contributed by atoms with Gasteiger partial charge in [-0.3, -0.25) is 4.79 Å². The van der Waals surface area contributed by atoms with Gasteiger partial charge in [0.15, 0.2) is 6.29 Å². The molecule has 56 valence electrons. The first kappa shape index (κ1) is 11.3. The van der Waals surface area contributed by atoms with Crippen LogP contribution in [0.2, 0.25) is 0 Å². The van der Waals surface area contributed by atoms with Crippen LogP contribution in [0.15, 0.2) is 0 Å². The fraction of sp³-hybridized carbons (Fsp3) is 0.800. The third-order valence-corrected chi connectivity index (χ3v) is 0.927. The number of carbonyl (C=O) groups excluding carboxylic acids is 1. The highest BCUT2D eigenvalue weighted by atomic mass is 19.3. The van der Waals surface area contributed by atoms with E-state index in [4.69, 9.17) is 0 Å². The summed E-state index contributed by atoms with van der Waals surface area (Å²) in [5.74, 6) is -4.03. The van der Waals surface area contributed by atoms with Crippen LogP contribution in [0.4, 0.5) is 8.78 Å². The van der Waals surface area contributed by atoms with Crippen molar-refractivity contribution in [3.8, 4) is 0 Å². The molecule has 2 N–H and O–H groups in total. The Bertz CT molecular complexity index is 91.0. The van der Waals surface area contributed by atoms with Crippen LogP contribution < -0.4 is 0 Å². The number of carbonyl (C=O) groups is 1. The van der Waals surface area contributed by atoms with E-state index in [2.05, 4.69) is 0 Å². The maximum absolute atomic E-state index is 11.9. The van der Waals surface area contributed by atoms with Gasteiger partial charge in [0.2, 0.25) is 0 Å². The van der Waals surface area contributed by atoms with Crippen LogP contribution >= 0.6 is 0 Å². The largest absolute Gasteiger partial charge is 0.412 e. The third kappa shape index (κ3) is 3.13. The van der Waals surface area contributed by atoms with Crippen molar-refractivity contribution in [2.75, 3.05) is 0 Å². The van der Waals surface area contributed by atoms with E-state index in [1.807, 2.05) is 0 Å². The highest BCUT2D eigenvalue weighted by Gasteiger charge is 2.31. The average Bonchev–Trinajstić information content (AvgIpc) is 1.67. The lowest BCUT2D eigenvalue weighted by atomic mass is 10.1. The predicted octanol–water partition coefficient (Wildman–Crippen LogP) is 0.652. The Labute approximate surface area is 52.2 Å². The third-order valence-electron chi connectivity index (χ3n) is 0.927. The molecule has 0 aromatic heterocycles. The summed E-state index contributed by atoms with van der Waals surface area (Å²) in [6.07, 6.45) is -0.322. The standard InChI is InChI=1S/C5H8F2O.H2O/c1-4(2)5(6,7)3-8;/h3-4H,1-2H3;1H2. The van der Waals surface area contributed by atoms with E-state index in [-0.39, 0.29) is 11.8 Å². The second-order valence-corrected chi connectivity index (χ2v) is 1.95. The van der Waals surface area contributed by atoms with Gasteiger partial charge in [-0.1, -0.05) is 13.8 Å². The zero-order valence-corrected chi connectivity index (χ0v) is 5.32. The van der Waals surface area contributed by atoms with Crippen LogP contribution in [0, 0.1) is 5.92 Å². The average molecular weight is 140 g/mol. The predicted molar refractivity (Wildman–Crippen MR) is 29.5 cm³/mol. The molecule has 0 aliphatic heterocycles. The molecule has 9 heavy (non-hydrogen) atoms. The summed E-state index contributed by atoms with van der Waals surface area (Å²) < 4.78 is 23.8. The molecule has 0 heterocycles. The first-order valence-corrected chi connectivity index (χ1v) is 2.35. The van der Waals surface area contributed by atoms with Gasteiger partial charge in [-0.05, 0) is 0 Å². The second-order valence-electron chi connectivity index (χ2n) is 1.95. The van der Waals surface area contributed by atoms with Crippen molar-refractivity contribution in [2.45, 2.75) is 19.8 Å². The van der Waals surface area contributed by atoms with Crippen molar-refractivity contribution in [3.63, 3.8) is 0 Å². The van der Waals surface area contributed by atoms with E-state index in [0.717, 1.165) is 0 Å². The lowest BCUT2D eigenvalue weighted by molar-refractivity contribution is -0.134. The van der Waals surface area contributed by atoms with Crippen LogP contribution in [0.1, 0.15) is 13.8 Å². The Balaban J connectivity index is 0.